The Balaban J connectivity index is 1.64. The maximum absolute atomic E-state index is 12.6. The predicted octanol–water partition coefficient (Wildman–Crippen LogP) is 5.75. The van der Waals surface area contributed by atoms with Crippen molar-refractivity contribution in [2.24, 2.45) is 39.9 Å². The lowest BCUT2D eigenvalue weighted by atomic mass is 9.40. The molecule has 3 heteroatoms. The Morgan fingerprint density at radius 3 is 2.31 bits per heavy atom. The van der Waals surface area contributed by atoms with Crippen LogP contribution in [0, 0.1) is 39.9 Å². The monoisotopic (exact) mass is 424 g/mol. The van der Waals surface area contributed by atoms with Crippen LogP contribution in [-0.2, 0) is 4.79 Å². The number of ketones is 1. The fourth-order valence-electron chi connectivity index (χ4n) is 8.78. The minimum atomic E-state index is -0.469. The molecule has 0 aliphatic heterocycles. The van der Waals surface area contributed by atoms with Crippen molar-refractivity contribution in [3.8, 4) is 0 Å². The number of hydrogen-bond acceptors (Lipinski definition) is 2. The van der Waals surface area contributed by atoms with Crippen LogP contribution >= 0.6 is 15.9 Å². The van der Waals surface area contributed by atoms with Gasteiger partial charge in [0.1, 0.15) is 5.78 Å². The average molecular weight is 425 g/mol. The summed E-state index contributed by atoms with van der Waals surface area (Å²) in [6, 6.07) is 0. The molecule has 0 saturated heterocycles. The molecule has 0 aromatic carbocycles. The molecule has 4 aliphatic carbocycles. The van der Waals surface area contributed by atoms with Gasteiger partial charge in [-0.3, -0.25) is 4.79 Å². The first kappa shape index (κ1) is 19.4. The number of alkyl halides is 1. The van der Waals surface area contributed by atoms with E-state index in [0.717, 1.165) is 31.1 Å². The van der Waals surface area contributed by atoms with Gasteiger partial charge in [-0.25, -0.2) is 0 Å². The van der Waals surface area contributed by atoms with Gasteiger partial charge in [0.25, 0.3) is 0 Å². The first-order valence-corrected chi connectivity index (χ1v) is 12.0. The molecule has 4 aliphatic rings. The summed E-state index contributed by atoms with van der Waals surface area (Å²) in [5.74, 6) is 2.95. The van der Waals surface area contributed by atoms with Crippen molar-refractivity contribution in [3.05, 3.63) is 0 Å². The van der Waals surface area contributed by atoms with E-state index in [1.807, 2.05) is 6.92 Å². The first-order valence-electron chi connectivity index (χ1n) is 10.9. The third kappa shape index (κ3) is 2.62. The van der Waals surface area contributed by atoms with Gasteiger partial charge in [-0.05, 0) is 98.7 Å². The van der Waals surface area contributed by atoms with Crippen LogP contribution < -0.4 is 0 Å². The van der Waals surface area contributed by atoms with Gasteiger partial charge in [0.2, 0.25) is 0 Å². The van der Waals surface area contributed by atoms with Crippen molar-refractivity contribution < 1.29 is 9.90 Å². The number of Topliss-reactive ketones (excluding diaryl/α,β-unsaturated/α-hetero) is 1. The van der Waals surface area contributed by atoms with Crippen LogP contribution in [0.15, 0.2) is 0 Å². The second-order valence-corrected chi connectivity index (χ2v) is 12.0. The third-order valence-corrected chi connectivity index (χ3v) is 10.4. The minimum Gasteiger partial charge on any atom is -0.390 e. The molecule has 0 radical (unpaired) electrons. The normalized spacial score (nSPS) is 56.4. The van der Waals surface area contributed by atoms with Gasteiger partial charge in [-0.1, -0.05) is 36.7 Å². The molecule has 0 aromatic rings. The van der Waals surface area contributed by atoms with Crippen molar-refractivity contribution in [1.82, 2.24) is 0 Å². The second-order valence-electron chi connectivity index (χ2n) is 11.4. The highest BCUT2D eigenvalue weighted by Crippen LogP contribution is 2.71. The molecule has 4 fully saturated rings. The molecule has 8 atom stereocenters. The summed E-state index contributed by atoms with van der Waals surface area (Å²) in [5, 5.41) is 11.2. The SMILES string of the molecule is C[C@@]1(O)CC[C@@H]2[C@H]3CC[C@@]4(C)[C@@H](CC[C@@H]4C(=O)CBr)[C@]3(C)CC[C@]2(C)C1. The van der Waals surface area contributed by atoms with Gasteiger partial charge >= 0.3 is 0 Å². The lowest BCUT2D eigenvalue weighted by molar-refractivity contribution is -0.177. The largest absolute Gasteiger partial charge is 0.390 e. The quantitative estimate of drug-likeness (QED) is 0.572. The molecule has 0 heterocycles. The predicted molar refractivity (Wildman–Crippen MR) is 109 cm³/mol. The summed E-state index contributed by atoms with van der Waals surface area (Å²) in [7, 11) is 0. The zero-order valence-electron chi connectivity index (χ0n) is 17.1. The molecule has 4 saturated carbocycles. The minimum absolute atomic E-state index is 0.212. The van der Waals surface area contributed by atoms with Crippen LogP contribution in [-0.4, -0.2) is 21.8 Å². The number of rotatable bonds is 2. The van der Waals surface area contributed by atoms with Crippen LogP contribution in [0.4, 0.5) is 0 Å². The Morgan fingerprint density at radius 1 is 0.923 bits per heavy atom. The topological polar surface area (TPSA) is 37.3 Å². The van der Waals surface area contributed by atoms with E-state index >= 15 is 0 Å². The number of carbonyl (C=O) groups is 1. The van der Waals surface area contributed by atoms with E-state index in [1.165, 1.54) is 38.5 Å². The molecular formula is C23H37BrO2. The van der Waals surface area contributed by atoms with E-state index < -0.39 is 5.60 Å². The van der Waals surface area contributed by atoms with Gasteiger partial charge in [-0.2, -0.15) is 0 Å². The summed E-state index contributed by atoms with van der Waals surface area (Å²) in [6.45, 7) is 9.53. The molecular weight excluding hydrogens is 388 g/mol. The Kier molecular flexibility index (Phi) is 4.52. The first-order chi connectivity index (χ1) is 12.1. The molecule has 4 rings (SSSR count). The molecule has 0 unspecified atom stereocenters. The molecule has 2 nitrogen and oxygen atoms in total. The maximum Gasteiger partial charge on any atom is 0.147 e. The van der Waals surface area contributed by atoms with Crippen LogP contribution in [0.25, 0.3) is 0 Å². The zero-order chi connectivity index (χ0) is 19.0. The van der Waals surface area contributed by atoms with Gasteiger partial charge in [0, 0.05) is 5.92 Å². The van der Waals surface area contributed by atoms with E-state index in [2.05, 4.69) is 36.7 Å². The highest BCUT2D eigenvalue weighted by atomic mass is 79.9. The van der Waals surface area contributed by atoms with Gasteiger partial charge < -0.3 is 5.11 Å². The van der Waals surface area contributed by atoms with E-state index in [9.17, 15) is 9.90 Å². The van der Waals surface area contributed by atoms with Crippen LogP contribution in [0.1, 0.15) is 85.5 Å². The van der Waals surface area contributed by atoms with Crippen molar-refractivity contribution in [1.29, 1.82) is 0 Å². The second kappa shape index (κ2) is 6.05. The van der Waals surface area contributed by atoms with Crippen LogP contribution in [0.5, 0.6) is 0 Å². The molecule has 0 aromatic heterocycles. The summed E-state index contributed by atoms with van der Waals surface area (Å²) in [5.41, 5.74) is 0.442. The maximum atomic E-state index is 12.6. The molecule has 0 spiro atoms. The van der Waals surface area contributed by atoms with Crippen molar-refractivity contribution in [2.45, 2.75) is 91.1 Å². The van der Waals surface area contributed by atoms with Crippen molar-refractivity contribution in [3.63, 3.8) is 0 Å². The Labute approximate surface area is 168 Å². The fraction of sp³-hybridized carbons (Fsp3) is 0.957. The molecule has 0 amide bonds. The Bertz CT molecular complexity index is 601. The summed E-state index contributed by atoms with van der Waals surface area (Å²) in [4.78, 5) is 12.6. The lowest BCUT2D eigenvalue weighted by Crippen LogP contribution is -2.59. The van der Waals surface area contributed by atoms with E-state index in [4.69, 9.17) is 0 Å². The number of carbonyl (C=O) groups excluding carboxylic acids is 1. The average Bonchev–Trinajstić information content (AvgIpc) is 2.91. The van der Waals surface area contributed by atoms with E-state index in [-0.39, 0.29) is 11.3 Å². The van der Waals surface area contributed by atoms with Crippen LogP contribution in [0.3, 0.4) is 0 Å². The van der Waals surface area contributed by atoms with Crippen molar-refractivity contribution in [2.75, 3.05) is 5.33 Å². The molecule has 148 valence electrons. The van der Waals surface area contributed by atoms with Crippen molar-refractivity contribution >= 4 is 21.7 Å². The smallest absolute Gasteiger partial charge is 0.147 e. The summed E-state index contributed by atoms with van der Waals surface area (Å²) >= 11 is 3.44. The molecule has 0 bridgehead atoms. The Morgan fingerprint density at radius 2 is 1.62 bits per heavy atom. The van der Waals surface area contributed by atoms with E-state index in [0.29, 0.717) is 27.9 Å². The fourth-order valence-corrected chi connectivity index (χ4v) is 9.17. The van der Waals surface area contributed by atoms with Gasteiger partial charge in [0.15, 0.2) is 0 Å². The van der Waals surface area contributed by atoms with Gasteiger partial charge in [0.05, 0.1) is 10.9 Å². The highest BCUT2D eigenvalue weighted by molar-refractivity contribution is 9.09. The standard InChI is InChI=1S/C23H37BrO2/c1-20-11-12-23(4)16(15(20)7-9-21(2,26)14-20)8-10-22(3)17(18(25)13-24)5-6-19(22)23/h15-17,19,26H,5-14H2,1-4H3/t15-,16-,17-,19-,20-,21-,22-,23-/m1/s1. The molecule has 1 N–H and O–H groups in total. The molecule has 26 heavy (non-hydrogen) atoms. The zero-order valence-corrected chi connectivity index (χ0v) is 18.7. The van der Waals surface area contributed by atoms with Crippen LogP contribution in [0.2, 0.25) is 0 Å². The number of aliphatic hydroxyl groups is 1. The lowest BCUT2D eigenvalue weighted by Gasteiger charge is -2.65. The third-order valence-electron chi connectivity index (χ3n) is 9.89. The Hall–Kier alpha value is 0.110. The van der Waals surface area contributed by atoms with E-state index in [1.54, 1.807) is 0 Å². The number of hydrogen-bond donors (Lipinski definition) is 1. The summed E-state index contributed by atoms with van der Waals surface area (Å²) < 4.78 is 0. The highest BCUT2D eigenvalue weighted by Gasteiger charge is 2.65. The number of fused-ring (bicyclic) bond motifs is 5. The number of halogens is 1. The van der Waals surface area contributed by atoms with Gasteiger partial charge in [-0.15, -0.1) is 0 Å². The summed E-state index contributed by atoms with van der Waals surface area (Å²) in [6.07, 6.45) is 10.5.